The quantitative estimate of drug-likeness (QED) is 0.0700. The van der Waals surface area contributed by atoms with Crippen molar-refractivity contribution in [2.24, 2.45) is 35.5 Å². The first-order valence-corrected chi connectivity index (χ1v) is 30.4. The van der Waals surface area contributed by atoms with E-state index in [0.29, 0.717) is 34.4 Å². The Hall–Kier alpha value is 0.0506. The summed E-state index contributed by atoms with van der Waals surface area (Å²) in [6, 6.07) is 2.67. The average molecular weight is 757 g/mol. The van der Waals surface area contributed by atoms with Crippen molar-refractivity contribution in [3.63, 3.8) is 0 Å². The summed E-state index contributed by atoms with van der Waals surface area (Å²) in [5.41, 5.74) is 4.63. The summed E-state index contributed by atoms with van der Waals surface area (Å²) in [6.07, 6.45) is 23.9. The lowest BCUT2D eigenvalue weighted by molar-refractivity contribution is 0.0518. The van der Waals surface area contributed by atoms with E-state index in [1.165, 1.54) is 89.1 Å². The first kappa shape index (κ1) is 43.8. The zero-order valence-corrected chi connectivity index (χ0v) is 39.3. The molecule has 0 N–H and O–H groups in total. The van der Waals surface area contributed by atoms with Crippen LogP contribution >= 0.6 is 0 Å². The lowest BCUT2D eigenvalue weighted by Crippen LogP contribution is -2.52. The molecule has 4 saturated carbocycles. The maximum absolute atomic E-state index is 7.79. The van der Waals surface area contributed by atoms with Crippen LogP contribution in [0.2, 0.25) is 58.4 Å². The number of fused-ring (bicyclic) bond motifs is 2. The lowest BCUT2D eigenvalue weighted by Gasteiger charge is -2.50. The maximum atomic E-state index is 7.79. The number of hydrogen-bond donors (Lipinski definition) is 0. The van der Waals surface area contributed by atoms with E-state index in [4.69, 9.17) is 8.85 Å². The first-order valence-electron chi connectivity index (χ1n) is 22.7. The fraction of sp³-hybridized carbons (Fsp3) is 0.913. The molecule has 0 aromatic heterocycles. The van der Waals surface area contributed by atoms with E-state index in [1.807, 2.05) is 0 Å². The van der Waals surface area contributed by atoms with Crippen molar-refractivity contribution < 1.29 is 8.85 Å². The highest BCUT2D eigenvalue weighted by Gasteiger charge is 2.61. The predicted octanol–water partition coefficient (Wildman–Crippen LogP) is 15.4. The summed E-state index contributed by atoms with van der Waals surface area (Å²) in [7, 11) is -5.40. The molecule has 0 aliphatic heterocycles. The van der Waals surface area contributed by atoms with E-state index in [1.54, 1.807) is 0 Å². The van der Waals surface area contributed by atoms with Gasteiger partial charge in [0.05, 0.1) is 8.07 Å². The van der Waals surface area contributed by atoms with E-state index in [-0.39, 0.29) is 0 Å². The monoisotopic (exact) mass is 757 g/mol. The highest BCUT2D eigenvalue weighted by molar-refractivity contribution is 6.80. The summed E-state index contributed by atoms with van der Waals surface area (Å²) in [4.78, 5) is 0. The van der Waals surface area contributed by atoms with Gasteiger partial charge in [0.2, 0.25) is 0 Å². The van der Waals surface area contributed by atoms with Gasteiger partial charge < -0.3 is 8.85 Å². The van der Waals surface area contributed by atoms with Gasteiger partial charge in [0.1, 0.15) is 0 Å². The van der Waals surface area contributed by atoms with Crippen molar-refractivity contribution in [3.8, 4) is 0 Å². The number of rotatable bonds is 20. The summed E-state index contributed by atoms with van der Waals surface area (Å²) >= 11 is 0. The molecule has 0 spiro atoms. The molecule has 10 atom stereocenters. The zero-order chi connectivity index (χ0) is 37.7. The molecule has 2 nitrogen and oxygen atoms in total. The van der Waals surface area contributed by atoms with Crippen molar-refractivity contribution >= 4 is 24.7 Å². The van der Waals surface area contributed by atoms with E-state index >= 15 is 0 Å². The van der Waals surface area contributed by atoms with Crippen molar-refractivity contribution in [2.75, 3.05) is 0 Å². The molecule has 296 valence electrons. The third kappa shape index (κ3) is 9.20. The van der Waals surface area contributed by atoms with Crippen LogP contribution in [0, 0.1) is 35.5 Å². The van der Waals surface area contributed by atoms with Crippen LogP contribution in [0.15, 0.2) is 25.3 Å². The highest BCUT2D eigenvalue weighted by Crippen LogP contribution is 2.65. The van der Waals surface area contributed by atoms with Gasteiger partial charge in [-0.2, -0.15) is 0 Å². The van der Waals surface area contributed by atoms with Crippen LogP contribution in [0.25, 0.3) is 0 Å². The van der Waals surface area contributed by atoms with Crippen molar-refractivity contribution in [3.05, 3.63) is 25.3 Å². The van der Waals surface area contributed by atoms with Gasteiger partial charge in [-0.1, -0.05) is 133 Å². The lowest BCUT2D eigenvalue weighted by atomic mass is 9.79. The molecule has 51 heavy (non-hydrogen) atoms. The van der Waals surface area contributed by atoms with Gasteiger partial charge in [-0.05, 0) is 132 Å². The summed E-state index contributed by atoms with van der Waals surface area (Å²) in [5, 5.41) is 0. The molecular formula is C46H88O2Si3. The molecular weight excluding hydrogens is 669 g/mol. The van der Waals surface area contributed by atoms with Gasteiger partial charge in [0.15, 0.2) is 16.6 Å². The van der Waals surface area contributed by atoms with E-state index < -0.39 is 24.7 Å². The summed E-state index contributed by atoms with van der Waals surface area (Å²) < 4.78 is 15.6. The van der Waals surface area contributed by atoms with Crippen LogP contribution < -0.4 is 0 Å². The smallest absolute Gasteiger partial charge is 0.198 e. The Morgan fingerprint density at radius 3 is 1.22 bits per heavy atom. The maximum Gasteiger partial charge on any atom is 0.198 e. The van der Waals surface area contributed by atoms with Gasteiger partial charge in [-0.15, -0.1) is 13.2 Å². The number of allylic oxidation sites excluding steroid dienone is 2. The SMILES string of the molecule is C=CCCCC[Si](OC1CCCC2C1CC(C)C2[Si](C)(C)C1C(C)CC2C(O[Si](CCCCC=C)(C(C)C)C(C)C)CCCC21)(C(C)C)C(C)C. The normalized spacial score (nSPS) is 33.3. The minimum atomic E-state index is -1.89. The topological polar surface area (TPSA) is 18.5 Å². The molecule has 0 aromatic rings. The van der Waals surface area contributed by atoms with E-state index in [0.717, 1.165) is 59.4 Å². The van der Waals surface area contributed by atoms with Crippen molar-refractivity contribution in [2.45, 2.75) is 230 Å². The van der Waals surface area contributed by atoms with Crippen molar-refractivity contribution in [1.82, 2.24) is 0 Å². The molecule has 0 heterocycles. The largest absolute Gasteiger partial charge is 0.413 e. The van der Waals surface area contributed by atoms with E-state index in [9.17, 15) is 0 Å². The second kappa shape index (κ2) is 18.8. The number of hydrogen-bond acceptors (Lipinski definition) is 2. The number of unbranched alkanes of at least 4 members (excludes halogenated alkanes) is 4. The molecule has 0 saturated heterocycles. The van der Waals surface area contributed by atoms with Gasteiger partial charge in [-0.3, -0.25) is 0 Å². The standard InChI is InChI=1S/C46H88O2Si3/c1-15-17-19-21-29-50(33(3)4,34(5)6)47-43-27-23-25-39-41(43)31-37(11)45(39)49(13,14)46-38(12)32-42-40(46)26-24-28-44(42)48-51(35(7)8,36(9)10)30-22-20-18-16-2/h15-16,33-46H,1-2,17-32H2,3-14H3. The van der Waals surface area contributed by atoms with Gasteiger partial charge in [0.25, 0.3) is 0 Å². The molecule has 0 amide bonds. The molecule has 0 radical (unpaired) electrons. The van der Waals surface area contributed by atoms with Gasteiger partial charge in [-0.25, -0.2) is 0 Å². The van der Waals surface area contributed by atoms with Crippen molar-refractivity contribution in [1.29, 1.82) is 0 Å². The first-order chi connectivity index (χ1) is 24.1. The predicted molar refractivity (Wildman–Crippen MR) is 234 cm³/mol. The molecule has 0 bridgehead atoms. The van der Waals surface area contributed by atoms with Crippen LogP contribution in [0.1, 0.15) is 159 Å². The van der Waals surface area contributed by atoms with Crippen LogP contribution in [-0.4, -0.2) is 36.9 Å². The molecule has 4 rings (SSSR count). The Kier molecular flexibility index (Phi) is 16.1. The fourth-order valence-electron chi connectivity index (χ4n) is 14.2. The van der Waals surface area contributed by atoms with Crippen LogP contribution in [0.5, 0.6) is 0 Å². The Labute approximate surface area is 322 Å². The third-order valence-corrected chi connectivity index (χ3v) is 33.4. The van der Waals surface area contributed by atoms with Crippen LogP contribution in [-0.2, 0) is 8.85 Å². The van der Waals surface area contributed by atoms with Crippen LogP contribution in [0.4, 0.5) is 0 Å². The highest BCUT2D eigenvalue weighted by atomic mass is 28.4. The second-order valence-electron chi connectivity index (χ2n) is 20.7. The minimum absolute atomic E-state index is 0.509. The van der Waals surface area contributed by atoms with Gasteiger partial charge in [0, 0.05) is 12.2 Å². The Bertz CT molecular complexity index is 984. The molecule has 4 fully saturated rings. The zero-order valence-electron chi connectivity index (χ0n) is 36.3. The molecule has 5 heteroatoms. The second-order valence-corrected chi connectivity index (χ2v) is 35.6. The minimum Gasteiger partial charge on any atom is -0.413 e. The third-order valence-electron chi connectivity index (χ3n) is 16.4. The Morgan fingerprint density at radius 1 is 0.549 bits per heavy atom. The van der Waals surface area contributed by atoms with Crippen LogP contribution in [0.3, 0.4) is 0 Å². The molecule has 0 aromatic carbocycles. The molecule has 4 aliphatic carbocycles. The van der Waals surface area contributed by atoms with E-state index in [2.05, 4.69) is 108 Å². The molecule has 4 aliphatic rings. The Balaban J connectivity index is 1.55. The fourth-order valence-corrected chi connectivity index (χ4v) is 30.5. The average Bonchev–Trinajstić information content (AvgIpc) is 3.60. The molecule has 10 unspecified atom stereocenters. The Morgan fingerprint density at radius 2 is 0.902 bits per heavy atom. The summed E-state index contributed by atoms with van der Waals surface area (Å²) in [6.45, 7) is 39.3. The summed E-state index contributed by atoms with van der Waals surface area (Å²) in [5.74, 6) is 5.09. The van der Waals surface area contributed by atoms with Gasteiger partial charge >= 0.3 is 0 Å².